The molecule has 6 nitrogen and oxygen atoms in total. The number of hydrogen-bond acceptors (Lipinski definition) is 4. The van der Waals surface area contributed by atoms with Gasteiger partial charge in [-0.1, -0.05) is 18.2 Å². The number of aromatic nitrogens is 2. The highest BCUT2D eigenvalue weighted by atomic mass is 16.6. The lowest BCUT2D eigenvalue weighted by molar-refractivity contribution is -0.385. The van der Waals surface area contributed by atoms with E-state index in [1.54, 1.807) is 18.2 Å². The van der Waals surface area contributed by atoms with Crippen LogP contribution in [-0.4, -0.2) is 14.5 Å². The summed E-state index contributed by atoms with van der Waals surface area (Å²) in [6.45, 7) is 2.36. The third-order valence-corrected chi connectivity index (χ3v) is 3.78. The number of anilines is 1. The zero-order valence-corrected chi connectivity index (χ0v) is 12.4. The minimum atomic E-state index is -0.359. The highest BCUT2D eigenvalue weighted by molar-refractivity contribution is 5.80. The lowest BCUT2D eigenvalue weighted by atomic mass is 10.1. The van der Waals surface area contributed by atoms with E-state index in [1.165, 1.54) is 6.07 Å². The molecule has 112 valence electrons. The van der Waals surface area contributed by atoms with Crippen molar-refractivity contribution in [2.24, 2.45) is 7.05 Å². The number of fused-ring (bicyclic) bond motifs is 1. The van der Waals surface area contributed by atoms with Gasteiger partial charge in [-0.15, -0.1) is 0 Å². The lowest BCUT2D eigenvalue weighted by Crippen LogP contribution is -2.02. The maximum atomic E-state index is 11.0. The van der Waals surface area contributed by atoms with Gasteiger partial charge in [-0.05, 0) is 25.1 Å². The van der Waals surface area contributed by atoms with Crippen LogP contribution in [0.3, 0.4) is 0 Å². The molecule has 0 saturated heterocycles. The van der Waals surface area contributed by atoms with Gasteiger partial charge in [0.05, 0.1) is 16.0 Å². The Kier molecular flexibility index (Phi) is 3.50. The van der Waals surface area contributed by atoms with Gasteiger partial charge in [-0.2, -0.15) is 0 Å². The van der Waals surface area contributed by atoms with Crippen LogP contribution < -0.4 is 5.32 Å². The first-order chi connectivity index (χ1) is 10.6. The quantitative estimate of drug-likeness (QED) is 0.591. The van der Waals surface area contributed by atoms with E-state index in [1.807, 2.05) is 36.7 Å². The first-order valence-electron chi connectivity index (χ1n) is 6.95. The van der Waals surface area contributed by atoms with Crippen LogP contribution in [0.15, 0.2) is 42.5 Å². The van der Waals surface area contributed by atoms with Gasteiger partial charge >= 0.3 is 0 Å². The molecule has 0 bridgehead atoms. The number of benzene rings is 2. The molecule has 0 aliphatic rings. The summed E-state index contributed by atoms with van der Waals surface area (Å²) in [6, 6.07) is 12.7. The summed E-state index contributed by atoms with van der Waals surface area (Å²) in [5, 5.41) is 14.2. The largest absolute Gasteiger partial charge is 0.381 e. The van der Waals surface area contributed by atoms with E-state index in [-0.39, 0.29) is 10.6 Å². The van der Waals surface area contributed by atoms with Gasteiger partial charge in [0.2, 0.25) is 0 Å². The van der Waals surface area contributed by atoms with Crippen molar-refractivity contribution in [1.82, 2.24) is 9.55 Å². The summed E-state index contributed by atoms with van der Waals surface area (Å²) in [7, 11) is 1.98. The maximum absolute atomic E-state index is 11.0. The Labute approximate surface area is 127 Å². The molecule has 0 radical (unpaired) electrons. The molecule has 0 spiro atoms. The third-order valence-electron chi connectivity index (χ3n) is 3.78. The molecule has 0 fully saturated rings. The number of hydrogen-bond donors (Lipinski definition) is 1. The number of imidazole rings is 1. The normalized spacial score (nSPS) is 10.8. The van der Waals surface area contributed by atoms with Crippen LogP contribution >= 0.6 is 0 Å². The smallest absolute Gasteiger partial charge is 0.274 e. The second-order valence-corrected chi connectivity index (χ2v) is 5.16. The molecule has 3 aromatic rings. The van der Waals surface area contributed by atoms with Gasteiger partial charge in [-0.25, -0.2) is 4.98 Å². The van der Waals surface area contributed by atoms with Crippen LogP contribution in [-0.2, 0) is 13.6 Å². The maximum Gasteiger partial charge on any atom is 0.274 e. The van der Waals surface area contributed by atoms with E-state index in [4.69, 9.17) is 0 Å². The summed E-state index contributed by atoms with van der Waals surface area (Å²) in [5.74, 6) is 0.950. The summed E-state index contributed by atoms with van der Waals surface area (Å²) >= 11 is 0. The molecule has 3 rings (SSSR count). The van der Waals surface area contributed by atoms with Crippen molar-refractivity contribution in [1.29, 1.82) is 0 Å². The van der Waals surface area contributed by atoms with Gasteiger partial charge in [0, 0.05) is 30.9 Å². The van der Waals surface area contributed by atoms with Crippen molar-refractivity contribution >= 4 is 22.4 Å². The molecule has 1 N–H and O–H groups in total. The molecule has 1 heterocycles. The molecular formula is C16H16N4O2. The molecule has 0 aliphatic heterocycles. The number of nitro groups is 1. The van der Waals surface area contributed by atoms with Crippen molar-refractivity contribution in [3.63, 3.8) is 0 Å². The molecule has 22 heavy (non-hydrogen) atoms. The van der Waals surface area contributed by atoms with E-state index >= 15 is 0 Å². The summed E-state index contributed by atoms with van der Waals surface area (Å²) < 4.78 is 2.03. The van der Waals surface area contributed by atoms with E-state index in [0.29, 0.717) is 12.1 Å². The number of nitrogens with one attached hydrogen (secondary N) is 1. The van der Waals surface area contributed by atoms with E-state index < -0.39 is 0 Å². The number of para-hydroxylation sites is 1. The van der Waals surface area contributed by atoms with Crippen molar-refractivity contribution < 1.29 is 4.92 Å². The molecule has 0 unspecified atom stereocenters. The highest BCUT2D eigenvalue weighted by Crippen LogP contribution is 2.22. The fraction of sp³-hybridized carbons (Fsp3) is 0.188. The van der Waals surface area contributed by atoms with Crippen LogP contribution in [0.4, 0.5) is 11.4 Å². The first kappa shape index (κ1) is 14.1. The topological polar surface area (TPSA) is 73.0 Å². The van der Waals surface area contributed by atoms with E-state index in [2.05, 4.69) is 10.3 Å². The highest BCUT2D eigenvalue weighted by Gasteiger charge is 2.12. The summed E-state index contributed by atoms with van der Waals surface area (Å²) in [4.78, 5) is 15.1. The third kappa shape index (κ3) is 2.50. The minimum absolute atomic E-state index is 0.129. The minimum Gasteiger partial charge on any atom is -0.381 e. The number of nitrogens with zero attached hydrogens (tertiary/aromatic N) is 3. The van der Waals surface area contributed by atoms with E-state index in [9.17, 15) is 10.1 Å². The molecule has 0 amide bonds. The Balaban J connectivity index is 1.84. The predicted octanol–water partition coefficient (Wildman–Crippen LogP) is 3.40. The van der Waals surface area contributed by atoms with Crippen LogP contribution in [0, 0.1) is 17.0 Å². The van der Waals surface area contributed by atoms with Crippen molar-refractivity contribution in [2.45, 2.75) is 13.5 Å². The molecule has 0 aliphatic carbocycles. The molecule has 2 aromatic carbocycles. The van der Waals surface area contributed by atoms with Gasteiger partial charge in [0.1, 0.15) is 5.82 Å². The van der Waals surface area contributed by atoms with Gasteiger partial charge in [-0.3, -0.25) is 10.1 Å². The zero-order valence-electron chi connectivity index (χ0n) is 12.4. The number of aryl methyl sites for hydroxylation is 2. The second kappa shape index (κ2) is 5.48. The Morgan fingerprint density at radius 3 is 2.82 bits per heavy atom. The van der Waals surface area contributed by atoms with Gasteiger partial charge < -0.3 is 9.88 Å². The summed E-state index contributed by atoms with van der Waals surface area (Å²) in [6.07, 6.45) is 0. The van der Waals surface area contributed by atoms with E-state index in [0.717, 1.165) is 22.5 Å². The van der Waals surface area contributed by atoms with Gasteiger partial charge in [0.15, 0.2) is 0 Å². The van der Waals surface area contributed by atoms with Crippen LogP contribution in [0.25, 0.3) is 11.0 Å². The average molecular weight is 296 g/mol. The average Bonchev–Trinajstić information content (AvgIpc) is 2.80. The van der Waals surface area contributed by atoms with Crippen molar-refractivity contribution in [3.8, 4) is 0 Å². The Hall–Kier alpha value is -2.89. The summed E-state index contributed by atoms with van der Waals surface area (Å²) in [5.41, 5.74) is 3.65. The molecule has 0 atom stereocenters. The number of rotatable bonds is 4. The second-order valence-electron chi connectivity index (χ2n) is 5.16. The lowest BCUT2D eigenvalue weighted by Gasteiger charge is -2.07. The monoisotopic (exact) mass is 296 g/mol. The number of nitro benzene ring substituents is 1. The Morgan fingerprint density at radius 2 is 2.05 bits per heavy atom. The molecule has 6 heteroatoms. The molecule has 0 saturated carbocycles. The van der Waals surface area contributed by atoms with Crippen molar-refractivity contribution in [3.05, 3.63) is 64.0 Å². The zero-order chi connectivity index (χ0) is 15.7. The fourth-order valence-electron chi connectivity index (χ4n) is 2.47. The molecule has 1 aromatic heterocycles. The van der Waals surface area contributed by atoms with Crippen LogP contribution in [0.1, 0.15) is 11.4 Å². The Morgan fingerprint density at radius 1 is 1.27 bits per heavy atom. The fourth-order valence-corrected chi connectivity index (χ4v) is 2.47. The predicted molar refractivity (Wildman–Crippen MR) is 85.9 cm³/mol. The first-order valence-corrected chi connectivity index (χ1v) is 6.95. The van der Waals surface area contributed by atoms with Gasteiger partial charge in [0.25, 0.3) is 5.69 Å². The van der Waals surface area contributed by atoms with Crippen LogP contribution in [0.5, 0.6) is 0 Å². The SMILES string of the molecule is Cc1nc2cc(NCc3ccccc3[N+](=O)[O-])ccc2n1C. The Bertz CT molecular complexity index is 854. The van der Waals surface area contributed by atoms with Crippen molar-refractivity contribution in [2.75, 3.05) is 5.32 Å². The standard InChI is InChI=1S/C16H16N4O2/c1-11-18-14-9-13(7-8-16(14)19(11)2)17-10-12-5-3-4-6-15(12)20(21)22/h3-9,17H,10H2,1-2H3. The van der Waals surface area contributed by atoms with Crippen LogP contribution in [0.2, 0.25) is 0 Å². The molecular weight excluding hydrogens is 280 g/mol.